The van der Waals surface area contributed by atoms with E-state index in [1.54, 1.807) is 0 Å². The lowest BCUT2D eigenvalue weighted by atomic mass is 10.0. The van der Waals surface area contributed by atoms with Crippen LogP contribution in [0.15, 0.2) is 42.5 Å². The standard InChI is InChI=1S/C20H26Cl2N2/c1-4-13-24(14-5-2)15(3)16-9-6-7-12-19(16)23-20-17(21)10-8-11-18(20)22/h6-12,15,23H,4-5,13-14H2,1-3H3. The van der Waals surface area contributed by atoms with Crippen molar-refractivity contribution in [3.63, 3.8) is 0 Å². The number of benzene rings is 2. The van der Waals surface area contributed by atoms with Crippen LogP contribution in [0, 0.1) is 0 Å². The summed E-state index contributed by atoms with van der Waals surface area (Å²) < 4.78 is 0. The molecule has 0 bridgehead atoms. The van der Waals surface area contributed by atoms with E-state index in [1.807, 2.05) is 24.3 Å². The van der Waals surface area contributed by atoms with Crippen LogP contribution in [0.1, 0.15) is 45.2 Å². The van der Waals surface area contributed by atoms with Crippen molar-refractivity contribution in [2.45, 2.75) is 39.7 Å². The molecule has 24 heavy (non-hydrogen) atoms. The van der Waals surface area contributed by atoms with Crippen LogP contribution in [0.25, 0.3) is 0 Å². The predicted molar refractivity (Wildman–Crippen MR) is 107 cm³/mol. The number of hydrogen-bond donors (Lipinski definition) is 1. The molecule has 0 fully saturated rings. The minimum atomic E-state index is 0.329. The van der Waals surface area contributed by atoms with Crippen molar-refractivity contribution in [3.05, 3.63) is 58.1 Å². The number of hydrogen-bond acceptors (Lipinski definition) is 2. The van der Waals surface area contributed by atoms with Gasteiger partial charge in [-0.25, -0.2) is 0 Å². The molecule has 4 heteroatoms. The van der Waals surface area contributed by atoms with Crippen LogP contribution in [0.4, 0.5) is 11.4 Å². The summed E-state index contributed by atoms with van der Waals surface area (Å²) in [4.78, 5) is 2.52. The Hall–Kier alpha value is -1.22. The van der Waals surface area contributed by atoms with E-state index in [4.69, 9.17) is 23.2 Å². The van der Waals surface area contributed by atoms with E-state index >= 15 is 0 Å². The van der Waals surface area contributed by atoms with Crippen LogP contribution in [-0.2, 0) is 0 Å². The van der Waals surface area contributed by atoms with Crippen LogP contribution in [0.3, 0.4) is 0 Å². The quantitative estimate of drug-likeness (QED) is 0.546. The zero-order chi connectivity index (χ0) is 17.5. The highest BCUT2D eigenvalue weighted by Crippen LogP contribution is 2.36. The SMILES string of the molecule is CCCN(CCC)C(C)c1ccccc1Nc1c(Cl)cccc1Cl. The van der Waals surface area contributed by atoms with Crippen molar-refractivity contribution < 1.29 is 0 Å². The van der Waals surface area contributed by atoms with Gasteiger partial charge in [-0.2, -0.15) is 0 Å². The van der Waals surface area contributed by atoms with Crippen LogP contribution >= 0.6 is 23.2 Å². The highest BCUT2D eigenvalue weighted by Gasteiger charge is 2.18. The third kappa shape index (κ3) is 4.66. The van der Waals surface area contributed by atoms with Gasteiger partial charge >= 0.3 is 0 Å². The number of halogens is 2. The summed E-state index contributed by atoms with van der Waals surface area (Å²) in [5, 5.41) is 4.70. The minimum Gasteiger partial charge on any atom is -0.353 e. The maximum Gasteiger partial charge on any atom is 0.0763 e. The number of rotatable bonds is 8. The van der Waals surface area contributed by atoms with Crippen LogP contribution in [0.5, 0.6) is 0 Å². The molecule has 2 rings (SSSR count). The Balaban J connectivity index is 2.33. The molecule has 0 aliphatic carbocycles. The van der Waals surface area contributed by atoms with Gasteiger partial charge in [-0.1, -0.05) is 61.3 Å². The molecular formula is C20H26Cl2N2. The van der Waals surface area contributed by atoms with E-state index in [1.165, 1.54) is 5.56 Å². The van der Waals surface area contributed by atoms with E-state index in [0.717, 1.165) is 37.3 Å². The number of para-hydroxylation sites is 2. The smallest absolute Gasteiger partial charge is 0.0763 e. The normalized spacial score (nSPS) is 12.4. The predicted octanol–water partition coefficient (Wildman–Crippen LogP) is 6.92. The summed E-state index contributed by atoms with van der Waals surface area (Å²) >= 11 is 12.6. The van der Waals surface area contributed by atoms with Crippen LogP contribution < -0.4 is 5.32 Å². The number of nitrogens with one attached hydrogen (secondary N) is 1. The molecule has 2 aromatic rings. The number of anilines is 2. The third-order valence-electron chi connectivity index (χ3n) is 4.20. The lowest BCUT2D eigenvalue weighted by molar-refractivity contribution is 0.211. The highest BCUT2D eigenvalue weighted by atomic mass is 35.5. The minimum absolute atomic E-state index is 0.329. The molecule has 0 radical (unpaired) electrons. The summed E-state index contributed by atoms with van der Waals surface area (Å²) in [5.74, 6) is 0. The van der Waals surface area contributed by atoms with E-state index in [-0.39, 0.29) is 0 Å². The maximum absolute atomic E-state index is 6.32. The second-order valence-electron chi connectivity index (χ2n) is 6.02. The van der Waals surface area contributed by atoms with E-state index in [9.17, 15) is 0 Å². The van der Waals surface area contributed by atoms with E-state index in [2.05, 4.69) is 49.2 Å². The first-order valence-corrected chi connectivity index (χ1v) is 9.38. The molecule has 0 aliphatic heterocycles. The van der Waals surface area contributed by atoms with Gasteiger partial charge in [-0.3, -0.25) is 4.90 Å². The van der Waals surface area contributed by atoms with Gasteiger partial charge < -0.3 is 5.32 Å². The molecule has 130 valence electrons. The van der Waals surface area contributed by atoms with Crippen molar-refractivity contribution in [2.24, 2.45) is 0 Å². The topological polar surface area (TPSA) is 15.3 Å². The molecule has 2 aromatic carbocycles. The van der Waals surface area contributed by atoms with Gasteiger partial charge in [0, 0.05) is 11.7 Å². The molecule has 0 heterocycles. The maximum atomic E-state index is 6.32. The Morgan fingerprint density at radius 1 is 0.917 bits per heavy atom. The molecule has 0 saturated heterocycles. The molecule has 0 aromatic heterocycles. The summed E-state index contributed by atoms with van der Waals surface area (Å²) in [7, 11) is 0. The van der Waals surface area contributed by atoms with Gasteiger partial charge in [0.05, 0.1) is 15.7 Å². The Kier molecular flexibility index (Phi) is 7.41. The van der Waals surface area contributed by atoms with Gasteiger partial charge in [0.25, 0.3) is 0 Å². The molecule has 2 nitrogen and oxygen atoms in total. The lowest BCUT2D eigenvalue weighted by Crippen LogP contribution is -2.29. The molecular weight excluding hydrogens is 339 g/mol. The number of nitrogens with zero attached hydrogens (tertiary/aromatic N) is 1. The average molecular weight is 365 g/mol. The van der Waals surface area contributed by atoms with Gasteiger partial charge in [-0.05, 0) is 56.6 Å². The van der Waals surface area contributed by atoms with Crippen LogP contribution in [-0.4, -0.2) is 18.0 Å². The average Bonchev–Trinajstić information content (AvgIpc) is 2.58. The molecule has 0 saturated carbocycles. The molecule has 0 aliphatic rings. The van der Waals surface area contributed by atoms with Crippen molar-refractivity contribution >= 4 is 34.6 Å². The fourth-order valence-electron chi connectivity index (χ4n) is 3.00. The first-order chi connectivity index (χ1) is 11.6. The van der Waals surface area contributed by atoms with Gasteiger partial charge in [0.2, 0.25) is 0 Å². The van der Waals surface area contributed by atoms with Crippen LogP contribution in [0.2, 0.25) is 10.0 Å². The Morgan fingerprint density at radius 3 is 2.08 bits per heavy atom. The van der Waals surface area contributed by atoms with Crippen molar-refractivity contribution in [1.29, 1.82) is 0 Å². The van der Waals surface area contributed by atoms with Gasteiger partial charge in [0.1, 0.15) is 0 Å². The molecule has 1 N–H and O–H groups in total. The fraction of sp³-hybridized carbons (Fsp3) is 0.400. The Bertz CT molecular complexity index is 632. The second-order valence-corrected chi connectivity index (χ2v) is 6.84. The Morgan fingerprint density at radius 2 is 1.50 bits per heavy atom. The van der Waals surface area contributed by atoms with Gasteiger partial charge in [0.15, 0.2) is 0 Å². The summed E-state index contributed by atoms with van der Waals surface area (Å²) in [5.41, 5.74) is 3.07. The zero-order valence-corrected chi connectivity index (χ0v) is 16.2. The first kappa shape index (κ1) is 19.1. The van der Waals surface area contributed by atoms with E-state index in [0.29, 0.717) is 16.1 Å². The molecule has 0 amide bonds. The van der Waals surface area contributed by atoms with Crippen molar-refractivity contribution in [3.8, 4) is 0 Å². The first-order valence-electron chi connectivity index (χ1n) is 8.62. The summed E-state index contributed by atoms with van der Waals surface area (Å²) in [6.07, 6.45) is 2.30. The zero-order valence-electron chi connectivity index (χ0n) is 14.7. The second kappa shape index (κ2) is 9.31. The third-order valence-corrected chi connectivity index (χ3v) is 4.83. The monoisotopic (exact) mass is 364 g/mol. The lowest BCUT2D eigenvalue weighted by Gasteiger charge is -2.30. The fourth-order valence-corrected chi connectivity index (χ4v) is 3.49. The molecule has 1 unspecified atom stereocenters. The van der Waals surface area contributed by atoms with E-state index < -0.39 is 0 Å². The molecule has 1 atom stereocenters. The molecule has 0 spiro atoms. The van der Waals surface area contributed by atoms with Crippen molar-refractivity contribution in [1.82, 2.24) is 4.90 Å². The largest absolute Gasteiger partial charge is 0.353 e. The van der Waals surface area contributed by atoms with Crippen molar-refractivity contribution in [2.75, 3.05) is 18.4 Å². The summed E-state index contributed by atoms with van der Waals surface area (Å²) in [6, 6.07) is 14.3. The summed E-state index contributed by atoms with van der Waals surface area (Å²) in [6.45, 7) is 8.90. The van der Waals surface area contributed by atoms with Gasteiger partial charge in [-0.15, -0.1) is 0 Å². The Labute approximate surface area is 155 Å². The highest BCUT2D eigenvalue weighted by molar-refractivity contribution is 6.39.